The number of ether oxygens (including phenoxy) is 1. The highest BCUT2D eigenvalue weighted by atomic mass is 16.5. The van der Waals surface area contributed by atoms with Crippen LogP contribution in [0.25, 0.3) is 0 Å². The number of hydrogen-bond acceptors (Lipinski definition) is 2. The predicted octanol–water partition coefficient (Wildman–Crippen LogP) is 1.11. The minimum Gasteiger partial charge on any atom is -0.381 e. The minimum atomic E-state index is -0.0720. The molecule has 12 heavy (non-hydrogen) atoms. The molecule has 1 N–H and O–H groups in total. The highest BCUT2D eigenvalue weighted by molar-refractivity contribution is 5.92. The standard InChI is InChI=1S/C9H17NO2/c1-4-10-9(11)8(3)6-7-12-5-2/h3-7H2,1-2H3,(H,10,11). The van der Waals surface area contributed by atoms with Crippen LogP contribution in [0.15, 0.2) is 12.2 Å². The highest BCUT2D eigenvalue weighted by Gasteiger charge is 2.03. The lowest BCUT2D eigenvalue weighted by Gasteiger charge is -2.05. The zero-order valence-corrected chi connectivity index (χ0v) is 7.85. The van der Waals surface area contributed by atoms with E-state index in [9.17, 15) is 4.79 Å². The van der Waals surface area contributed by atoms with Gasteiger partial charge in [0.15, 0.2) is 0 Å². The molecule has 0 radical (unpaired) electrons. The Bertz CT molecular complexity index is 155. The van der Waals surface area contributed by atoms with Crippen molar-refractivity contribution in [2.45, 2.75) is 20.3 Å². The van der Waals surface area contributed by atoms with E-state index in [-0.39, 0.29) is 5.91 Å². The average Bonchev–Trinajstić information content (AvgIpc) is 2.05. The molecule has 0 aromatic carbocycles. The van der Waals surface area contributed by atoms with Gasteiger partial charge in [0.2, 0.25) is 5.91 Å². The van der Waals surface area contributed by atoms with Gasteiger partial charge in [0, 0.05) is 25.1 Å². The van der Waals surface area contributed by atoms with Gasteiger partial charge in [0.1, 0.15) is 0 Å². The Kier molecular flexibility index (Phi) is 6.38. The van der Waals surface area contributed by atoms with Crippen LogP contribution < -0.4 is 5.32 Å². The molecule has 70 valence electrons. The van der Waals surface area contributed by atoms with Gasteiger partial charge in [-0.2, -0.15) is 0 Å². The summed E-state index contributed by atoms with van der Waals surface area (Å²) in [7, 11) is 0. The Morgan fingerprint density at radius 3 is 2.67 bits per heavy atom. The van der Waals surface area contributed by atoms with Crippen molar-refractivity contribution in [3.63, 3.8) is 0 Å². The zero-order valence-electron chi connectivity index (χ0n) is 7.85. The molecule has 0 atom stereocenters. The number of carbonyl (C=O) groups is 1. The molecule has 0 heterocycles. The maximum atomic E-state index is 11.1. The van der Waals surface area contributed by atoms with Crippen molar-refractivity contribution in [3.8, 4) is 0 Å². The molecule has 0 bridgehead atoms. The van der Waals surface area contributed by atoms with Gasteiger partial charge in [-0.25, -0.2) is 0 Å². The molecule has 0 saturated heterocycles. The van der Waals surface area contributed by atoms with Crippen LogP contribution in [0.5, 0.6) is 0 Å². The molecule has 0 saturated carbocycles. The van der Waals surface area contributed by atoms with E-state index < -0.39 is 0 Å². The van der Waals surface area contributed by atoms with Crippen molar-refractivity contribution in [1.82, 2.24) is 5.32 Å². The molecule has 3 nitrogen and oxygen atoms in total. The molecular weight excluding hydrogens is 154 g/mol. The lowest BCUT2D eigenvalue weighted by atomic mass is 10.2. The average molecular weight is 171 g/mol. The van der Waals surface area contributed by atoms with Crippen molar-refractivity contribution < 1.29 is 9.53 Å². The van der Waals surface area contributed by atoms with E-state index in [2.05, 4.69) is 11.9 Å². The Labute approximate surface area is 73.8 Å². The Morgan fingerprint density at radius 2 is 2.17 bits per heavy atom. The van der Waals surface area contributed by atoms with Gasteiger partial charge in [-0.15, -0.1) is 0 Å². The van der Waals surface area contributed by atoms with Crippen LogP contribution in [-0.4, -0.2) is 25.7 Å². The van der Waals surface area contributed by atoms with Crippen LogP contribution in [-0.2, 0) is 9.53 Å². The molecule has 0 aliphatic carbocycles. The first-order valence-electron chi connectivity index (χ1n) is 4.26. The summed E-state index contributed by atoms with van der Waals surface area (Å²) in [5.74, 6) is -0.0720. The van der Waals surface area contributed by atoms with Crippen LogP contribution in [0.4, 0.5) is 0 Å². The van der Waals surface area contributed by atoms with Crippen LogP contribution >= 0.6 is 0 Å². The molecule has 0 aromatic rings. The second kappa shape index (κ2) is 6.85. The first-order valence-corrected chi connectivity index (χ1v) is 4.26. The number of amides is 1. The Hall–Kier alpha value is -0.830. The first-order chi connectivity index (χ1) is 5.72. The maximum absolute atomic E-state index is 11.1. The number of nitrogens with one attached hydrogen (secondary N) is 1. The third-order valence-electron chi connectivity index (χ3n) is 1.41. The van der Waals surface area contributed by atoms with Gasteiger partial charge in [-0.3, -0.25) is 4.79 Å². The van der Waals surface area contributed by atoms with Gasteiger partial charge in [0.25, 0.3) is 0 Å². The van der Waals surface area contributed by atoms with Gasteiger partial charge >= 0.3 is 0 Å². The molecule has 0 rings (SSSR count). The van der Waals surface area contributed by atoms with Crippen molar-refractivity contribution in [2.75, 3.05) is 19.8 Å². The number of likely N-dealkylation sites (N-methyl/N-ethyl adjacent to an activating group) is 1. The van der Waals surface area contributed by atoms with Crippen molar-refractivity contribution in [2.24, 2.45) is 0 Å². The SMILES string of the molecule is C=C(CCOCC)C(=O)NCC. The summed E-state index contributed by atoms with van der Waals surface area (Å²) in [6, 6.07) is 0. The van der Waals surface area contributed by atoms with E-state index in [4.69, 9.17) is 4.74 Å². The summed E-state index contributed by atoms with van der Waals surface area (Å²) in [5.41, 5.74) is 0.588. The predicted molar refractivity (Wildman–Crippen MR) is 48.9 cm³/mol. The van der Waals surface area contributed by atoms with E-state index in [1.54, 1.807) is 0 Å². The van der Waals surface area contributed by atoms with Crippen LogP contribution in [0.3, 0.4) is 0 Å². The van der Waals surface area contributed by atoms with Crippen molar-refractivity contribution >= 4 is 5.91 Å². The quantitative estimate of drug-likeness (QED) is 0.480. The second-order valence-corrected chi connectivity index (χ2v) is 2.41. The summed E-state index contributed by atoms with van der Waals surface area (Å²) in [5, 5.41) is 2.68. The van der Waals surface area contributed by atoms with E-state index in [1.165, 1.54) is 0 Å². The molecule has 0 aromatic heterocycles. The lowest BCUT2D eigenvalue weighted by Crippen LogP contribution is -2.24. The Balaban J connectivity index is 3.50. The third-order valence-corrected chi connectivity index (χ3v) is 1.41. The first kappa shape index (κ1) is 11.2. The monoisotopic (exact) mass is 171 g/mol. The number of rotatable bonds is 6. The normalized spacial score (nSPS) is 9.50. The highest BCUT2D eigenvalue weighted by Crippen LogP contribution is 1.97. The summed E-state index contributed by atoms with van der Waals surface area (Å²) in [6.45, 7) is 9.37. The van der Waals surface area contributed by atoms with Crippen LogP contribution in [0.1, 0.15) is 20.3 Å². The minimum absolute atomic E-state index is 0.0720. The lowest BCUT2D eigenvalue weighted by molar-refractivity contribution is -0.117. The second-order valence-electron chi connectivity index (χ2n) is 2.41. The topological polar surface area (TPSA) is 38.3 Å². The Morgan fingerprint density at radius 1 is 1.50 bits per heavy atom. The van der Waals surface area contributed by atoms with Gasteiger partial charge in [0.05, 0.1) is 6.61 Å². The molecule has 0 spiro atoms. The fourth-order valence-electron chi connectivity index (χ4n) is 0.739. The molecule has 0 aliphatic heterocycles. The van der Waals surface area contributed by atoms with E-state index in [0.717, 1.165) is 0 Å². The van der Waals surface area contributed by atoms with Gasteiger partial charge < -0.3 is 10.1 Å². The van der Waals surface area contributed by atoms with E-state index >= 15 is 0 Å². The van der Waals surface area contributed by atoms with Crippen LogP contribution in [0, 0.1) is 0 Å². The van der Waals surface area contributed by atoms with Crippen LogP contribution in [0.2, 0.25) is 0 Å². The third kappa shape index (κ3) is 4.91. The largest absolute Gasteiger partial charge is 0.381 e. The van der Waals surface area contributed by atoms with E-state index in [1.807, 2.05) is 13.8 Å². The fraction of sp³-hybridized carbons (Fsp3) is 0.667. The van der Waals surface area contributed by atoms with E-state index in [0.29, 0.717) is 31.8 Å². The molecule has 0 unspecified atom stereocenters. The summed E-state index contributed by atoms with van der Waals surface area (Å²) < 4.78 is 5.09. The summed E-state index contributed by atoms with van der Waals surface area (Å²) in [4.78, 5) is 11.1. The molecule has 1 amide bonds. The fourth-order valence-corrected chi connectivity index (χ4v) is 0.739. The summed E-state index contributed by atoms with van der Waals surface area (Å²) >= 11 is 0. The smallest absolute Gasteiger partial charge is 0.246 e. The van der Waals surface area contributed by atoms with Gasteiger partial charge in [-0.1, -0.05) is 6.58 Å². The molecule has 0 aliphatic rings. The van der Waals surface area contributed by atoms with Crippen molar-refractivity contribution in [1.29, 1.82) is 0 Å². The number of hydrogen-bond donors (Lipinski definition) is 1. The van der Waals surface area contributed by atoms with Crippen molar-refractivity contribution in [3.05, 3.63) is 12.2 Å². The van der Waals surface area contributed by atoms with Gasteiger partial charge in [-0.05, 0) is 13.8 Å². The number of carbonyl (C=O) groups excluding carboxylic acids is 1. The zero-order chi connectivity index (χ0) is 9.40. The molecular formula is C9H17NO2. The summed E-state index contributed by atoms with van der Waals surface area (Å²) in [6.07, 6.45) is 0.611. The molecule has 0 fully saturated rings. The maximum Gasteiger partial charge on any atom is 0.246 e. The molecule has 3 heteroatoms.